The van der Waals surface area contributed by atoms with Crippen LogP contribution in [0.4, 0.5) is 0 Å². The Labute approximate surface area is 212 Å². The second-order valence-corrected chi connectivity index (χ2v) is 12.7. The van der Waals surface area contributed by atoms with Crippen LogP contribution < -0.4 is 0 Å². The number of aliphatic hydroxyl groups excluding tert-OH is 5. The van der Waals surface area contributed by atoms with Gasteiger partial charge in [0.2, 0.25) is 0 Å². The fraction of sp³-hybridized carbons (Fsp3) is 0.962. The van der Waals surface area contributed by atoms with E-state index in [1.54, 1.807) is 6.92 Å². The summed E-state index contributed by atoms with van der Waals surface area (Å²) in [4.78, 5) is 12.2. The molecule has 36 heavy (non-hydrogen) atoms. The van der Waals surface area contributed by atoms with Crippen molar-refractivity contribution in [2.45, 2.75) is 115 Å². The summed E-state index contributed by atoms with van der Waals surface area (Å²) >= 11 is 0. The first kappa shape index (κ1) is 28.2. The Morgan fingerprint density at radius 3 is 2.25 bits per heavy atom. The summed E-state index contributed by atoms with van der Waals surface area (Å²) in [6.07, 6.45) is -2.96. The van der Waals surface area contributed by atoms with Crippen molar-refractivity contribution < 1.29 is 50.0 Å². The van der Waals surface area contributed by atoms with Gasteiger partial charge in [-0.3, -0.25) is 4.79 Å². The zero-order valence-corrected chi connectivity index (χ0v) is 21.5. The molecule has 4 aliphatic rings. The number of aliphatic carboxylic acids is 1. The van der Waals surface area contributed by atoms with Crippen molar-refractivity contribution in [3.63, 3.8) is 0 Å². The Morgan fingerprint density at radius 1 is 0.944 bits per heavy atom. The maximum absolute atomic E-state index is 12.2. The Morgan fingerprint density at radius 2 is 1.61 bits per heavy atom. The van der Waals surface area contributed by atoms with Gasteiger partial charge in [-0.2, -0.15) is 0 Å². The Kier molecular flexibility index (Phi) is 7.60. The predicted octanol–water partition coefficient (Wildman–Crippen LogP) is 0.392. The third-order valence-corrected chi connectivity index (χ3v) is 10.5. The van der Waals surface area contributed by atoms with E-state index >= 15 is 0 Å². The standard InChI is InChI=1S/C26H44O10/c1-23(10-11-35-21-20(31)19(30)18(29)14(12-27)36-21)7-4-16-25(3)15(5-9-26(16,34)13-23)24(2,22(32)33)8-6-17(25)28/h14-21,27-31,34H,4-13H2,1-3H3,(H,32,33). The molecule has 0 radical (unpaired) electrons. The van der Waals surface area contributed by atoms with Crippen LogP contribution in [0.5, 0.6) is 0 Å². The summed E-state index contributed by atoms with van der Waals surface area (Å²) in [5, 5.41) is 72.6. The molecule has 0 aromatic carbocycles. The lowest BCUT2D eigenvalue weighted by molar-refractivity contribution is -0.302. The molecule has 12 atom stereocenters. The van der Waals surface area contributed by atoms with Crippen molar-refractivity contribution in [2.24, 2.45) is 28.1 Å². The number of carboxylic acids is 1. The van der Waals surface area contributed by atoms with Gasteiger partial charge in [0.1, 0.15) is 24.4 Å². The molecule has 0 aromatic heterocycles. The number of fused-ring (bicyclic) bond motifs is 3. The summed E-state index contributed by atoms with van der Waals surface area (Å²) in [5.74, 6) is -1.25. The van der Waals surface area contributed by atoms with Gasteiger partial charge in [0.25, 0.3) is 0 Å². The smallest absolute Gasteiger partial charge is 0.309 e. The van der Waals surface area contributed by atoms with E-state index in [1.807, 2.05) is 6.92 Å². The van der Waals surface area contributed by atoms with Gasteiger partial charge < -0.3 is 45.2 Å². The average molecular weight is 517 g/mol. The van der Waals surface area contributed by atoms with E-state index in [4.69, 9.17) is 9.47 Å². The predicted molar refractivity (Wildman–Crippen MR) is 127 cm³/mol. The van der Waals surface area contributed by atoms with E-state index in [2.05, 4.69) is 6.92 Å². The van der Waals surface area contributed by atoms with Crippen molar-refractivity contribution in [1.82, 2.24) is 0 Å². The minimum absolute atomic E-state index is 0.180. The molecular weight excluding hydrogens is 472 g/mol. The van der Waals surface area contributed by atoms with Gasteiger partial charge in [0, 0.05) is 5.41 Å². The maximum Gasteiger partial charge on any atom is 0.309 e. The second-order valence-electron chi connectivity index (χ2n) is 12.7. The molecule has 10 nitrogen and oxygen atoms in total. The molecule has 0 aromatic rings. The normalized spacial score (nSPS) is 53.4. The fourth-order valence-electron chi connectivity index (χ4n) is 8.30. The molecule has 4 fully saturated rings. The lowest BCUT2D eigenvalue weighted by atomic mass is 9.41. The molecule has 12 unspecified atom stereocenters. The van der Waals surface area contributed by atoms with Crippen molar-refractivity contribution >= 4 is 5.97 Å². The molecule has 1 heterocycles. The van der Waals surface area contributed by atoms with E-state index in [9.17, 15) is 40.5 Å². The number of ether oxygens (including phenoxy) is 2. The Bertz CT molecular complexity index is 823. The monoisotopic (exact) mass is 516 g/mol. The first-order chi connectivity index (χ1) is 16.7. The fourth-order valence-corrected chi connectivity index (χ4v) is 8.30. The van der Waals surface area contributed by atoms with Gasteiger partial charge >= 0.3 is 5.97 Å². The zero-order chi connectivity index (χ0) is 26.7. The molecular formula is C26H44O10. The average Bonchev–Trinajstić information content (AvgIpc) is 2.81. The van der Waals surface area contributed by atoms with Gasteiger partial charge in [-0.1, -0.05) is 13.8 Å². The van der Waals surface area contributed by atoms with E-state index in [-0.39, 0.29) is 23.9 Å². The largest absolute Gasteiger partial charge is 0.481 e. The molecule has 1 aliphatic heterocycles. The Balaban J connectivity index is 1.43. The highest BCUT2D eigenvalue weighted by Gasteiger charge is 2.67. The van der Waals surface area contributed by atoms with Crippen molar-refractivity contribution in [3.8, 4) is 0 Å². The number of carboxylic acid groups (broad SMARTS) is 1. The van der Waals surface area contributed by atoms with Crippen LogP contribution in [0.1, 0.15) is 72.1 Å². The van der Waals surface area contributed by atoms with E-state index in [0.717, 1.165) is 6.42 Å². The minimum atomic E-state index is -1.50. The molecule has 0 amide bonds. The molecule has 0 spiro atoms. The summed E-state index contributed by atoms with van der Waals surface area (Å²) in [7, 11) is 0. The van der Waals surface area contributed by atoms with Crippen molar-refractivity contribution in [2.75, 3.05) is 13.2 Å². The highest BCUT2D eigenvalue weighted by Crippen LogP contribution is 2.66. The second kappa shape index (κ2) is 9.72. The van der Waals surface area contributed by atoms with Gasteiger partial charge in [-0.15, -0.1) is 0 Å². The number of aliphatic hydroxyl groups is 6. The minimum Gasteiger partial charge on any atom is -0.481 e. The summed E-state index contributed by atoms with van der Waals surface area (Å²) < 4.78 is 11.1. The lowest BCUT2D eigenvalue weighted by Crippen LogP contribution is -2.67. The topological polar surface area (TPSA) is 177 Å². The Hall–Kier alpha value is -0.850. The van der Waals surface area contributed by atoms with Crippen LogP contribution in [0.2, 0.25) is 0 Å². The maximum atomic E-state index is 12.2. The summed E-state index contributed by atoms with van der Waals surface area (Å²) in [6.45, 7) is 5.49. The third-order valence-electron chi connectivity index (χ3n) is 10.5. The number of carbonyl (C=O) groups is 1. The molecule has 7 N–H and O–H groups in total. The SMILES string of the molecule is CC1(CCOC2OC(CO)C(O)C(O)C2O)CCC2C(O)(CCC3C(C)(C(=O)O)CCC(O)C23C)C1. The van der Waals surface area contributed by atoms with Crippen LogP contribution in [0.3, 0.4) is 0 Å². The number of rotatable bonds is 6. The number of hydrogen-bond donors (Lipinski definition) is 7. The number of hydrogen-bond acceptors (Lipinski definition) is 9. The van der Waals surface area contributed by atoms with Gasteiger partial charge in [-0.05, 0) is 75.5 Å². The zero-order valence-electron chi connectivity index (χ0n) is 21.5. The van der Waals surface area contributed by atoms with Gasteiger partial charge in [0.15, 0.2) is 6.29 Å². The lowest BCUT2D eigenvalue weighted by Gasteiger charge is -2.65. The van der Waals surface area contributed by atoms with Crippen molar-refractivity contribution in [1.29, 1.82) is 0 Å². The van der Waals surface area contributed by atoms with E-state index in [0.29, 0.717) is 44.9 Å². The highest BCUT2D eigenvalue weighted by atomic mass is 16.7. The molecule has 3 aliphatic carbocycles. The summed E-state index contributed by atoms with van der Waals surface area (Å²) in [6, 6.07) is 0. The van der Waals surface area contributed by atoms with Gasteiger partial charge in [0.05, 0.1) is 30.3 Å². The van der Waals surface area contributed by atoms with Crippen LogP contribution in [-0.2, 0) is 14.3 Å². The third kappa shape index (κ3) is 4.41. The van der Waals surface area contributed by atoms with Gasteiger partial charge in [-0.25, -0.2) is 0 Å². The quantitative estimate of drug-likeness (QED) is 0.261. The molecule has 3 saturated carbocycles. The van der Waals surface area contributed by atoms with Crippen LogP contribution in [0.25, 0.3) is 0 Å². The molecule has 10 heteroatoms. The van der Waals surface area contributed by atoms with E-state index < -0.39 is 65.8 Å². The molecule has 1 saturated heterocycles. The molecule has 208 valence electrons. The molecule has 4 rings (SSSR count). The van der Waals surface area contributed by atoms with Crippen LogP contribution in [0, 0.1) is 28.1 Å². The first-order valence-corrected chi connectivity index (χ1v) is 13.3. The highest BCUT2D eigenvalue weighted by molar-refractivity contribution is 5.75. The van der Waals surface area contributed by atoms with Crippen LogP contribution in [0.15, 0.2) is 0 Å². The van der Waals surface area contributed by atoms with Crippen LogP contribution >= 0.6 is 0 Å². The van der Waals surface area contributed by atoms with E-state index in [1.165, 1.54) is 0 Å². The summed E-state index contributed by atoms with van der Waals surface area (Å²) in [5.41, 5.74) is -2.93. The van der Waals surface area contributed by atoms with Crippen molar-refractivity contribution in [3.05, 3.63) is 0 Å². The first-order valence-electron chi connectivity index (χ1n) is 13.3. The van der Waals surface area contributed by atoms with Crippen LogP contribution in [-0.4, -0.2) is 97.3 Å². The molecule has 0 bridgehead atoms.